The van der Waals surface area contributed by atoms with Crippen LogP contribution in [0, 0.1) is 0 Å². The number of hydrogen-bond donors (Lipinski definition) is 1. The molecule has 1 N–H and O–H groups in total. The predicted molar refractivity (Wildman–Crippen MR) is 71.7 cm³/mol. The summed E-state index contributed by atoms with van der Waals surface area (Å²) in [7, 11) is 0. The van der Waals surface area contributed by atoms with E-state index in [2.05, 4.69) is 46.4 Å². The summed E-state index contributed by atoms with van der Waals surface area (Å²) < 4.78 is 6.07. The van der Waals surface area contributed by atoms with Crippen molar-refractivity contribution in [3.63, 3.8) is 0 Å². The van der Waals surface area contributed by atoms with Crippen molar-refractivity contribution in [3.8, 4) is 0 Å². The molecule has 2 unspecified atom stereocenters. The van der Waals surface area contributed by atoms with Gasteiger partial charge in [-0.3, -0.25) is 9.69 Å². The highest BCUT2D eigenvalue weighted by molar-refractivity contribution is 5.69. The van der Waals surface area contributed by atoms with Crippen LogP contribution in [0.4, 0.5) is 0 Å². The van der Waals surface area contributed by atoms with Crippen molar-refractivity contribution in [3.05, 3.63) is 0 Å². The van der Waals surface area contributed by atoms with E-state index in [4.69, 9.17) is 9.84 Å². The Morgan fingerprint density at radius 3 is 2.33 bits per heavy atom. The van der Waals surface area contributed by atoms with Crippen molar-refractivity contribution in [1.29, 1.82) is 0 Å². The first-order valence-electron chi connectivity index (χ1n) is 6.77. The molecule has 0 aromatic rings. The van der Waals surface area contributed by atoms with E-state index < -0.39 is 5.97 Å². The number of hydrogen-bond acceptors (Lipinski definition) is 3. The summed E-state index contributed by atoms with van der Waals surface area (Å²) in [5.74, 6) is -0.768. The van der Waals surface area contributed by atoms with Crippen molar-refractivity contribution in [2.45, 2.75) is 77.7 Å². The number of carboxylic acids is 1. The van der Waals surface area contributed by atoms with Crippen molar-refractivity contribution in [1.82, 2.24) is 4.90 Å². The molecule has 1 fully saturated rings. The molecule has 0 aromatic carbocycles. The van der Waals surface area contributed by atoms with E-state index in [0.717, 1.165) is 12.8 Å². The standard InChI is InChI=1S/C14H27NO3/c1-7-10(2)15(9-12(16)17)11-8-13(3,4)18-14(11,5)6/h10-11H,7-9H2,1-6H3,(H,16,17). The largest absolute Gasteiger partial charge is 0.480 e. The van der Waals surface area contributed by atoms with Gasteiger partial charge in [0.1, 0.15) is 0 Å². The lowest BCUT2D eigenvalue weighted by Gasteiger charge is -2.38. The van der Waals surface area contributed by atoms with Crippen LogP contribution in [0.1, 0.15) is 54.4 Å². The van der Waals surface area contributed by atoms with E-state index in [0.29, 0.717) is 0 Å². The topological polar surface area (TPSA) is 49.8 Å². The molecule has 18 heavy (non-hydrogen) atoms. The summed E-state index contributed by atoms with van der Waals surface area (Å²) in [4.78, 5) is 13.2. The molecule has 1 rings (SSSR count). The van der Waals surface area contributed by atoms with Gasteiger partial charge in [0.25, 0.3) is 0 Å². The number of carbonyl (C=O) groups is 1. The third-order valence-electron chi connectivity index (χ3n) is 3.90. The molecule has 0 amide bonds. The fourth-order valence-electron chi connectivity index (χ4n) is 3.01. The van der Waals surface area contributed by atoms with E-state index >= 15 is 0 Å². The van der Waals surface area contributed by atoms with Crippen LogP contribution >= 0.6 is 0 Å². The first kappa shape index (κ1) is 15.4. The van der Waals surface area contributed by atoms with Gasteiger partial charge in [-0.2, -0.15) is 0 Å². The molecule has 0 aromatic heterocycles. The minimum atomic E-state index is -0.768. The summed E-state index contributed by atoms with van der Waals surface area (Å²) in [6.45, 7) is 12.5. The van der Waals surface area contributed by atoms with Crippen LogP contribution in [0.3, 0.4) is 0 Å². The fourth-order valence-corrected chi connectivity index (χ4v) is 3.01. The highest BCUT2D eigenvalue weighted by Crippen LogP contribution is 2.40. The second-order valence-electron chi connectivity index (χ2n) is 6.51. The number of rotatable bonds is 5. The van der Waals surface area contributed by atoms with E-state index in [1.165, 1.54) is 0 Å². The molecule has 0 bridgehead atoms. The molecule has 1 aliphatic heterocycles. The Kier molecular flexibility index (Phi) is 4.44. The van der Waals surface area contributed by atoms with Gasteiger partial charge in [-0.05, 0) is 47.5 Å². The van der Waals surface area contributed by atoms with Crippen molar-refractivity contribution >= 4 is 5.97 Å². The Balaban J connectivity index is 2.94. The number of carboxylic acid groups (broad SMARTS) is 1. The minimum absolute atomic E-state index is 0.0859. The molecule has 1 saturated heterocycles. The van der Waals surface area contributed by atoms with Crippen LogP contribution in [-0.4, -0.2) is 45.8 Å². The highest BCUT2D eigenvalue weighted by atomic mass is 16.5. The molecule has 0 aliphatic carbocycles. The third kappa shape index (κ3) is 3.45. The van der Waals surface area contributed by atoms with E-state index in [1.54, 1.807) is 0 Å². The maximum atomic E-state index is 11.1. The molecular weight excluding hydrogens is 230 g/mol. The Morgan fingerprint density at radius 1 is 1.44 bits per heavy atom. The van der Waals surface area contributed by atoms with E-state index in [9.17, 15) is 4.79 Å². The van der Waals surface area contributed by atoms with Gasteiger partial charge >= 0.3 is 5.97 Å². The van der Waals surface area contributed by atoms with Gasteiger partial charge in [0.15, 0.2) is 0 Å². The molecule has 1 heterocycles. The second kappa shape index (κ2) is 5.17. The van der Waals surface area contributed by atoms with E-state index in [-0.39, 0.29) is 29.8 Å². The van der Waals surface area contributed by atoms with Gasteiger partial charge < -0.3 is 9.84 Å². The number of nitrogens with zero attached hydrogens (tertiary/aromatic N) is 1. The smallest absolute Gasteiger partial charge is 0.317 e. The van der Waals surface area contributed by atoms with Crippen LogP contribution in [0.25, 0.3) is 0 Å². The zero-order valence-electron chi connectivity index (χ0n) is 12.5. The molecule has 4 nitrogen and oxygen atoms in total. The van der Waals surface area contributed by atoms with Crippen molar-refractivity contribution in [2.75, 3.05) is 6.54 Å². The van der Waals surface area contributed by atoms with Crippen LogP contribution in [0.5, 0.6) is 0 Å². The van der Waals surface area contributed by atoms with Crippen molar-refractivity contribution in [2.24, 2.45) is 0 Å². The van der Waals surface area contributed by atoms with E-state index in [1.807, 2.05) is 0 Å². The summed E-state index contributed by atoms with van der Waals surface area (Å²) >= 11 is 0. The average Bonchev–Trinajstić information content (AvgIpc) is 2.41. The molecular formula is C14H27NO3. The van der Waals surface area contributed by atoms with Gasteiger partial charge in [-0.1, -0.05) is 6.92 Å². The van der Waals surface area contributed by atoms with Gasteiger partial charge in [0.05, 0.1) is 17.7 Å². The van der Waals surface area contributed by atoms with Crippen molar-refractivity contribution < 1.29 is 14.6 Å². The van der Waals surface area contributed by atoms with Gasteiger partial charge in [0, 0.05) is 12.1 Å². The zero-order valence-corrected chi connectivity index (χ0v) is 12.5. The minimum Gasteiger partial charge on any atom is -0.480 e. The predicted octanol–water partition coefficient (Wildman–Crippen LogP) is 2.52. The maximum absolute atomic E-state index is 11.1. The molecule has 106 valence electrons. The molecule has 0 saturated carbocycles. The second-order valence-corrected chi connectivity index (χ2v) is 6.51. The third-order valence-corrected chi connectivity index (χ3v) is 3.90. The average molecular weight is 257 g/mol. The molecule has 4 heteroatoms. The lowest BCUT2D eigenvalue weighted by molar-refractivity contribution is -0.141. The Bertz CT molecular complexity index is 312. The van der Waals surface area contributed by atoms with Crippen LogP contribution in [-0.2, 0) is 9.53 Å². The van der Waals surface area contributed by atoms with Gasteiger partial charge in [0.2, 0.25) is 0 Å². The number of ether oxygens (including phenoxy) is 1. The Labute approximate surface area is 110 Å². The SMILES string of the molecule is CCC(C)N(CC(=O)O)C1CC(C)(C)OC1(C)C. The molecule has 2 atom stereocenters. The first-order chi connectivity index (χ1) is 8.09. The summed E-state index contributed by atoms with van der Waals surface area (Å²) in [6.07, 6.45) is 1.82. The fraction of sp³-hybridized carbons (Fsp3) is 0.929. The zero-order chi connectivity index (χ0) is 14.1. The maximum Gasteiger partial charge on any atom is 0.317 e. The summed E-state index contributed by atoms with van der Waals surface area (Å²) in [5.41, 5.74) is -0.485. The molecule has 0 spiro atoms. The van der Waals surface area contributed by atoms with Crippen LogP contribution in [0.2, 0.25) is 0 Å². The highest BCUT2D eigenvalue weighted by Gasteiger charge is 2.49. The lowest BCUT2D eigenvalue weighted by Crippen LogP contribution is -2.52. The first-order valence-corrected chi connectivity index (χ1v) is 6.77. The summed E-state index contributed by atoms with van der Waals surface area (Å²) in [5, 5.41) is 9.11. The van der Waals surface area contributed by atoms with Crippen LogP contribution in [0.15, 0.2) is 0 Å². The Morgan fingerprint density at radius 2 is 2.00 bits per heavy atom. The van der Waals surface area contributed by atoms with Crippen LogP contribution < -0.4 is 0 Å². The molecule has 1 aliphatic rings. The normalized spacial score (nSPS) is 27.4. The van der Waals surface area contributed by atoms with Gasteiger partial charge in [-0.15, -0.1) is 0 Å². The van der Waals surface area contributed by atoms with Gasteiger partial charge in [-0.25, -0.2) is 0 Å². The monoisotopic (exact) mass is 257 g/mol. The lowest BCUT2D eigenvalue weighted by atomic mass is 9.91. The Hall–Kier alpha value is -0.610. The molecule has 0 radical (unpaired) electrons. The summed E-state index contributed by atoms with van der Waals surface area (Å²) in [6, 6.07) is 0.404. The quantitative estimate of drug-likeness (QED) is 0.822. The number of aliphatic carboxylic acids is 1.